The van der Waals surface area contributed by atoms with Gasteiger partial charge in [-0.15, -0.1) is 0 Å². The summed E-state index contributed by atoms with van der Waals surface area (Å²) in [6.07, 6.45) is 0. The van der Waals surface area contributed by atoms with Crippen LogP contribution in [0.3, 0.4) is 0 Å². The molecule has 0 bridgehead atoms. The monoisotopic (exact) mass is 556 g/mol. The first-order valence-corrected chi connectivity index (χ1v) is 14.1. The van der Waals surface area contributed by atoms with Crippen molar-refractivity contribution in [1.82, 2.24) is 15.1 Å². The summed E-state index contributed by atoms with van der Waals surface area (Å²) >= 11 is 0. The number of guanidine groups is 1. The molecule has 2 aliphatic rings. The number of hydrogen-bond acceptors (Lipinski definition) is 8. The number of nitrogens with zero attached hydrogens (tertiary/aromatic N) is 3. The van der Waals surface area contributed by atoms with Crippen LogP contribution in [0.25, 0.3) is 0 Å². The van der Waals surface area contributed by atoms with Gasteiger partial charge in [-0.1, -0.05) is 66.7 Å². The first kappa shape index (κ1) is 28.2. The molecule has 1 fully saturated rings. The van der Waals surface area contributed by atoms with Crippen LogP contribution in [0.15, 0.2) is 83.9 Å². The van der Waals surface area contributed by atoms with Gasteiger partial charge < -0.3 is 19.5 Å². The van der Waals surface area contributed by atoms with Gasteiger partial charge in [0.2, 0.25) is 11.9 Å². The lowest BCUT2D eigenvalue weighted by Crippen LogP contribution is -2.57. The summed E-state index contributed by atoms with van der Waals surface area (Å²) in [5, 5.41) is 13.1. The fraction of sp³-hybridized carbons (Fsp3) is 0.344. The van der Waals surface area contributed by atoms with Crippen LogP contribution >= 0.6 is 0 Å². The number of esters is 1. The number of phenolic OH excluding ortho intramolecular Hbond substituents is 1. The molecule has 2 atom stereocenters. The maximum absolute atomic E-state index is 13.4. The van der Waals surface area contributed by atoms with Gasteiger partial charge in [0.05, 0.1) is 19.3 Å². The number of carbonyl (C=O) groups is 2. The van der Waals surface area contributed by atoms with Crippen molar-refractivity contribution in [2.45, 2.75) is 25.9 Å². The molecule has 9 nitrogen and oxygen atoms in total. The molecule has 0 unspecified atom stereocenters. The summed E-state index contributed by atoms with van der Waals surface area (Å²) in [6.45, 7) is 6.82. The maximum atomic E-state index is 13.4. The van der Waals surface area contributed by atoms with Crippen molar-refractivity contribution in [3.63, 3.8) is 0 Å². The molecular formula is C32H36N4O5. The van der Waals surface area contributed by atoms with E-state index in [-0.39, 0.29) is 24.1 Å². The van der Waals surface area contributed by atoms with Crippen molar-refractivity contribution in [3.8, 4) is 11.5 Å². The molecule has 1 saturated heterocycles. The van der Waals surface area contributed by atoms with Gasteiger partial charge in [-0.05, 0) is 42.7 Å². The van der Waals surface area contributed by atoms with Crippen LogP contribution in [-0.4, -0.2) is 72.1 Å². The van der Waals surface area contributed by atoms with E-state index in [2.05, 4.69) is 63.6 Å². The van der Waals surface area contributed by atoms with Gasteiger partial charge in [0.15, 0.2) is 17.4 Å². The molecule has 2 heterocycles. The lowest BCUT2D eigenvalue weighted by molar-refractivity contribution is -0.153. The van der Waals surface area contributed by atoms with Gasteiger partial charge in [-0.25, -0.2) is 4.99 Å². The second-order valence-electron chi connectivity index (χ2n) is 10.0. The second-order valence-corrected chi connectivity index (χ2v) is 10.0. The standard InChI is InChI=1S/C32H36N4O5/c1-3-40-26-21-24(15-16-25(26)37)28-27(31(39)41-4-2)30(38)34-32(33-28)36-19-17-35(18-20-36)29(22-11-7-5-8-12-22)23-13-9-6-10-14-23/h5-16,21,27-29,37H,3-4,17-20H2,1-2H3,(H,33,34,38)/t27-,28-/m1/s1. The molecule has 41 heavy (non-hydrogen) atoms. The molecule has 0 radical (unpaired) electrons. The first-order chi connectivity index (χ1) is 20.0. The summed E-state index contributed by atoms with van der Waals surface area (Å²) in [5.74, 6) is -1.56. The minimum atomic E-state index is -1.15. The van der Waals surface area contributed by atoms with Crippen LogP contribution in [0.5, 0.6) is 11.5 Å². The number of phenols is 1. The molecular weight excluding hydrogens is 520 g/mol. The van der Waals surface area contributed by atoms with Gasteiger partial charge in [0.25, 0.3) is 0 Å². The zero-order valence-corrected chi connectivity index (χ0v) is 23.4. The molecule has 0 aliphatic carbocycles. The minimum Gasteiger partial charge on any atom is -0.504 e. The number of rotatable bonds is 8. The second kappa shape index (κ2) is 12.9. The number of hydrogen-bond donors (Lipinski definition) is 2. The zero-order valence-electron chi connectivity index (χ0n) is 23.4. The quantitative estimate of drug-likeness (QED) is 0.320. The third-order valence-corrected chi connectivity index (χ3v) is 7.47. The summed E-state index contributed by atoms with van der Waals surface area (Å²) in [6, 6.07) is 25.0. The molecule has 1 amide bonds. The van der Waals surface area contributed by atoms with Crippen molar-refractivity contribution >= 4 is 17.8 Å². The molecule has 0 saturated carbocycles. The predicted octanol–water partition coefficient (Wildman–Crippen LogP) is 3.90. The number of piperazine rings is 1. The highest BCUT2D eigenvalue weighted by molar-refractivity contribution is 6.08. The number of aromatic hydroxyl groups is 1. The summed E-state index contributed by atoms with van der Waals surface area (Å²) in [4.78, 5) is 35.6. The number of aliphatic imine (C=N–C) groups is 1. The van der Waals surface area contributed by atoms with Crippen molar-refractivity contribution in [3.05, 3.63) is 95.6 Å². The van der Waals surface area contributed by atoms with Crippen molar-refractivity contribution in [2.24, 2.45) is 10.9 Å². The van der Waals surface area contributed by atoms with E-state index in [1.165, 1.54) is 17.2 Å². The van der Waals surface area contributed by atoms with Crippen molar-refractivity contribution in [1.29, 1.82) is 0 Å². The Bertz CT molecular complexity index is 1330. The third-order valence-electron chi connectivity index (χ3n) is 7.47. The molecule has 0 spiro atoms. The highest BCUT2D eigenvalue weighted by Gasteiger charge is 2.42. The van der Waals surface area contributed by atoms with Crippen molar-refractivity contribution in [2.75, 3.05) is 39.4 Å². The van der Waals surface area contributed by atoms with Crippen LogP contribution in [0.1, 0.15) is 42.6 Å². The Hall–Kier alpha value is -4.37. The van der Waals surface area contributed by atoms with E-state index < -0.39 is 23.8 Å². The Kier molecular flexibility index (Phi) is 8.84. The topological polar surface area (TPSA) is 104 Å². The van der Waals surface area contributed by atoms with Gasteiger partial charge in [0.1, 0.15) is 6.04 Å². The van der Waals surface area contributed by atoms with Gasteiger partial charge in [-0.3, -0.25) is 19.8 Å². The van der Waals surface area contributed by atoms with Crippen LogP contribution in [-0.2, 0) is 14.3 Å². The van der Waals surface area contributed by atoms with Crippen LogP contribution < -0.4 is 10.1 Å². The number of nitrogens with one attached hydrogen (secondary N) is 1. The van der Waals surface area contributed by atoms with E-state index in [0.717, 1.165) is 13.1 Å². The van der Waals surface area contributed by atoms with Crippen LogP contribution in [0, 0.1) is 5.92 Å². The first-order valence-electron chi connectivity index (χ1n) is 14.1. The molecule has 3 aromatic rings. The van der Waals surface area contributed by atoms with Crippen LogP contribution in [0.4, 0.5) is 0 Å². The van der Waals surface area contributed by atoms with E-state index in [9.17, 15) is 14.7 Å². The Morgan fingerprint density at radius 1 is 0.951 bits per heavy atom. The zero-order chi connectivity index (χ0) is 28.8. The van der Waals surface area contributed by atoms with E-state index >= 15 is 0 Å². The minimum absolute atomic E-state index is 0.0183. The molecule has 0 aromatic heterocycles. The highest BCUT2D eigenvalue weighted by Crippen LogP contribution is 2.36. The lowest BCUT2D eigenvalue weighted by Gasteiger charge is -2.42. The maximum Gasteiger partial charge on any atom is 0.321 e. The van der Waals surface area contributed by atoms with Gasteiger partial charge in [-0.2, -0.15) is 0 Å². The number of carbonyl (C=O) groups excluding carboxylic acids is 2. The fourth-order valence-corrected chi connectivity index (χ4v) is 5.53. The molecule has 9 heteroatoms. The van der Waals surface area contributed by atoms with Gasteiger partial charge >= 0.3 is 5.97 Å². The smallest absolute Gasteiger partial charge is 0.321 e. The fourth-order valence-electron chi connectivity index (χ4n) is 5.53. The average Bonchev–Trinajstić information content (AvgIpc) is 3.00. The highest BCUT2D eigenvalue weighted by atomic mass is 16.5. The number of amides is 1. The Balaban J connectivity index is 1.40. The largest absolute Gasteiger partial charge is 0.504 e. The molecule has 214 valence electrons. The Morgan fingerprint density at radius 2 is 1.59 bits per heavy atom. The SMILES string of the molecule is CCOC(=O)[C@H]1C(=O)NC(N2CCN(C(c3ccccc3)c3ccccc3)CC2)=N[C@@H]1c1ccc(O)c(OCC)c1. The number of benzene rings is 3. The molecule has 3 aromatic carbocycles. The summed E-state index contributed by atoms with van der Waals surface area (Å²) in [7, 11) is 0. The van der Waals surface area contributed by atoms with Gasteiger partial charge in [0, 0.05) is 26.2 Å². The van der Waals surface area contributed by atoms with E-state index in [1.807, 2.05) is 19.1 Å². The average molecular weight is 557 g/mol. The summed E-state index contributed by atoms with van der Waals surface area (Å²) < 4.78 is 10.8. The van der Waals surface area contributed by atoms with E-state index in [1.54, 1.807) is 19.1 Å². The normalized spacial score (nSPS) is 19.4. The van der Waals surface area contributed by atoms with E-state index in [0.29, 0.717) is 31.2 Å². The van der Waals surface area contributed by atoms with Crippen LogP contribution in [0.2, 0.25) is 0 Å². The Labute approximate surface area is 240 Å². The summed E-state index contributed by atoms with van der Waals surface area (Å²) in [5.41, 5.74) is 3.04. The Morgan fingerprint density at radius 3 is 2.17 bits per heavy atom. The van der Waals surface area contributed by atoms with E-state index in [4.69, 9.17) is 14.5 Å². The number of ether oxygens (including phenoxy) is 2. The predicted molar refractivity (Wildman–Crippen MR) is 156 cm³/mol. The third kappa shape index (κ3) is 6.20. The molecule has 2 N–H and O–H groups in total. The molecule has 2 aliphatic heterocycles. The molecule has 5 rings (SSSR count). The lowest BCUT2D eigenvalue weighted by atomic mass is 9.91. The van der Waals surface area contributed by atoms with Crippen molar-refractivity contribution < 1.29 is 24.2 Å².